The third kappa shape index (κ3) is 40.1. The summed E-state index contributed by atoms with van der Waals surface area (Å²) in [5.41, 5.74) is 15.9. The van der Waals surface area contributed by atoms with Gasteiger partial charge < -0.3 is 44.7 Å². The Hall–Kier alpha value is -15.5. The molecule has 2 aliphatic rings. The van der Waals surface area contributed by atoms with Gasteiger partial charge in [0.05, 0.1) is 90.1 Å². The maximum atomic E-state index is 11.4. The van der Waals surface area contributed by atoms with Crippen LogP contribution >= 0.6 is 62.1 Å². The summed E-state index contributed by atoms with van der Waals surface area (Å²) in [7, 11) is -0.328. The van der Waals surface area contributed by atoms with Gasteiger partial charge in [-0.3, -0.25) is 39.5 Å². The summed E-state index contributed by atoms with van der Waals surface area (Å²) in [5.74, 6) is 1.31. The highest BCUT2D eigenvalue weighted by molar-refractivity contribution is 8.24. The summed E-state index contributed by atoms with van der Waals surface area (Å²) in [4.78, 5) is 88.2. The first kappa shape index (κ1) is 111. The van der Waals surface area contributed by atoms with Gasteiger partial charge in [-0.1, -0.05) is 224 Å². The number of nitrogen functional groups attached to an aromatic ring is 1. The number of benzene rings is 8. The number of carboxylic acids is 1. The van der Waals surface area contributed by atoms with Crippen molar-refractivity contribution in [3.8, 4) is 87.7 Å². The van der Waals surface area contributed by atoms with E-state index in [0.717, 1.165) is 79.4 Å². The number of halogens is 8. The molecule has 44 heteroatoms. The van der Waals surface area contributed by atoms with E-state index in [1.165, 1.54) is 30.8 Å². The van der Waals surface area contributed by atoms with Gasteiger partial charge in [0.2, 0.25) is 22.2 Å². The number of anilines is 1. The molecule has 712 valence electrons. The Morgan fingerprint density at radius 3 is 1.26 bits per heavy atom. The zero-order valence-corrected chi connectivity index (χ0v) is 78.8. The van der Waals surface area contributed by atoms with E-state index >= 15 is 0 Å². The number of aliphatic carboxylic acids is 1. The summed E-state index contributed by atoms with van der Waals surface area (Å²) < 4.78 is 64.3. The first-order valence-electron chi connectivity index (χ1n) is 41.0. The van der Waals surface area contributed by atoms with Crippen LogP contribution in [0.3, 0.4) is 0 Å². The van der Waals surface area contributed by atoms with E-state index in [1.54, 1.807) is 73.1 Å². The van der Waals surface area contributed by atoms with Crippen LogP contribution in [-0.2, 0) is 70.6 Å². The van der Waals surface area contributed by atoms with Gasteiger partial charge >= 0.3 is 41.4 Å². The SMILES string of the molecule is CC1(C)OB(c2ccc(CC#N)cc2)OC1(C)C.Clc1nccc(OCc2ccccc2)n1.N#CCc1ccc(-c2ncc([N+](=O)[O-])c(=O)[nH]2)cc1.N#CCc1ccc(-c2ncc([N+](=O)[O-])c(Cl)n2)cc1.N#CCc1ccc(-c2nccc(=O)[nH]2)cc1.N#CCc1ccc(-c2nccc(OCc3ccccc3)n2)cc1.Nc1cc(C2CC2)[nH]n1.O=C(O)C(F)(F)F.O=P(Cl)(Cl)Cl.OCc1ccccc1. The molecule has 14 aromatic rings. The van der Waals surface area contributed by atoms with Gasteiger partial charge in [-0.2, -0.15) is 54.5 Å². The van der Waals surface area contributed by atoms with Crippen molar-refractivity contribution in [3.63, 3.8) is 0 Å². The van der Waals surface area contributed by atoms with Crippen LogP contribution in [0.1, 0.15) is 96.7 Å². The lowest BCUT2D eigenvalue weighted by atomic mass is 9.79. The number of nitriles is 5. The van der Waals surface area contributed by atoms with E-state index < -0.39 is 38.4 Å². The number of alkyl halides is 3. The Bertz CT molecular complexity index is 6700. The van der Waals surface area contributed by atoms with Gasteiger partial charge in [-0.25, -0.2) is 34.7 Å². The van der Waals surface area contributed by atoms with Crippen molar-refractivity contribution in [2.75, 3.05) is 5.73 Å². The van der Waals surface area contributed by atoms with Crippen molar-refractivity contribution in [2.45, 2.75) is 116 Å². The zero-order chi connectivity index (χ0) is 102. The number of H-pyrrole nitrogens is 3. The molecular weight excluding hydrogens is 1920 g/mol. The number of aliphatic hydroxyl groups excluding tert-OH is 1. The van der Waals surface area contributed by atoms with Gasteiger partial charge in [0.25, 0.3) is 5.56 Å². The second-order valence-electron chi connectivity index (χ2n) is 29.7. The third-order valence-electron chi connectivity index (χ3n) is 19.0. The molecule has 7 N–H and O–H groups in total. The number of aromatic nitrogens is 12. The molecule has 1 saturated carbocycles. The molecule has 6 aromatic heterocycles. The van der Waals surface area contributed by atoms with Crippen LogP contribution in [0.25, 0.3) is 45.6 Å². The molecule has 139 heavy (non-hydrogen) atoms. The third-order valence-corrected chi connectivity index (χ3v) is 19.4. The Morgan fingerprint density at radius 1 is 0.532 bits per heavy atom. The second-order valence-corrected chi connectivity index (χ2v) is 37.0. The molecule has 34 nitrogen and oxygen atoms in total. The normalized spacial score (nSPS) is 11.9. The fraction of sp³-hybridized carbons (Fsp3) is 0.189. The fourth-order valence-electron chi connectivity index (χ4n) is 11.1. The number of nitro groups is 2. The Balaban J connectivity index is 0.000000215. The molecule has 0 bridgehead atoms. The first-order valence-corrected chi connectivity index (χ1v) is 46.2. The molecular formula is C95H84BCl5F3N20O14P. The number of ether oxygens (including phenoxy) is 2. The quantitative estimate of drug-likeness (QED) is 0.0103. The molecule has 16 rings (SSSR count). The number of nitrogens with two attached hydrogens (primary N) is 1. The number of aromatic amines is 3. The molecule has 0 unspecified atom stereocenters. The van der Waals surface area contributed by atoms with E-state index in [0.29, 0.717) is 91.5 Å². The lowest BCUT2D eigenvalue weighted by Crippen LogP contribution is -2.41. The van der Waals surface area contributed by atoms with E-state index in [2.05, 4.69) is 112 Å². The lowest BCUT2D eigenvalue weighted by Gasteiger charge is -2.32. The number of nitrogens with zero attached hydrogens (tertiary/aromatic N) is 16. The maximum absolute atomic E-state index is 11.4. The largest absolute Gasteiger partial charge is 0.494 e. The van der Waals surface area contributed by atoms with Crippen LogP contribution in [0.2, 0.25) is 10.4 Å². The lowest BCUT2D eigenvalue weighted by molar-refractivity contribution is -0.386. The minimum absolute atomic E-state index is 0.140. The highest BCUT2D eigenvalue weighted by atomic mass is 36.0. The van der Waals surface area contributed by atoms with Crippen molar-refractivity contribution in [1.82, 2.24) is 60.0 Å². The molecule has 0 spiro atoms. The van der Waals surface area contributed by atoms with Crippen LogP contribution in [0.4, 0.5) is 30.4 Å². The standard InChI is InChI=1S/C19H15N3O.C14H18BNO2.C12H7ClN4O2.C12H8N4O3.C12H9N3O.C11H9ClN2O.C7H8O.C6H9N3.C2HF3O2.Cl3OP/c20-12-10-15-6-8-17(9-7-15)19-21-13-11-18(22-19)23-14-16-4-2-1-3-5-16;1-13(2)14(3,4)18-15(17-13)12-7-5-11(6-8-12)9-10-16;13-11-10(17(18)19)7-15-12(16-11)9-3-1-8(2-4-9)5-6-14;13-6-5-8-1-3-9(4-2-8)11-14-7-10(16(18)19)12(17)15-11;13-7-5-9-1-3-10(4-2-9)12-14-8-6-11(16)15-12;12-11-13-7-6-10(14-11)15-8-9-4-2-1-3-5-9;8-6-7-4-2-1-3-5-7;7-6-3-5(8-9-6)4-1-2-4;3-2(4,5)1(6)7;1-5(2,3)4/h1-9,11,13H,10,14H2;5-8H,9H2,1-4H3;1-4,7H,5H2;1-4,7H,5H2,(H,14,15,17);1-4,6,8H,5H2,(H,14,15,16);1-7H,8H2;1-5,8H,6H2;3-4H,1-2H2,(H3,7,8,9);(H,6,7);. The van der Waals surface area contributed by atoms with Gasteiger partial charge in [0.15, 0.2) is 11.6 Å². The van der Waals surface area contributed by atoms with E-state index in [1.807, 2.05) is 210 Å². The molecule has 0 radical (unpaired) electrons. The zero-order valence-electron chi connectivity index (χ0n) is 74.1. The van der Waals surface area contributed by atoms with E-state index in [9.17, 15) is 47.6 Å². The Labute approximate surface area is 818 Å². The van der Waals surface area contributed by atoms with E-state index in [4.69, 9.17) is 89.0 Å². The monoisotopic (exact) mass is 2000 g/mol. The van der Waals surface area contributed by atoms with Crippen LogP contribution in [0.5, 0.6) is 11.8 Å². The Kier molecular flexibility index (Phi) is 44.6. The number of rotatable bonds is 20. The predicted molar refractivity (Wildman–Crippen MR) is 517 cm³/mol. The van der Waals surface area contributed by atoms with Crippen molar-refractivity contribution >= 4 is 97.9 Å². The van der Waals surface area contributed by atoms with Gasteiger partial charge in [-0.15, -0.1) is 0 Å². The van der Waals surface area contributed by atoms with Crippen molar-refractivity contribution in [3.05, 3.63) is 369 Å². The van der Waals surface area contributed by atoms with Crippen LogP contribution in [0.15, 0.2) is 277 Å². The number of hydrogen-bond donors (Lipinski definition) is 6. The predicted octanol–water partition coefficient (Wildman–Crippen LogP) is 19.7. The molecule has 7 heterocycles. The van der Waals surface area contributed by atoms with Gasteiger partial charge in [-0.05, 0) is 136 Å². The molecule has 1 aliphatic heterocycles. The maximum Gasteiger partial charge on any atom is 0.494 e. The van der Waals surface area contributed by atoms with Crippen LogP contribution in [0, 0.1) is 76.9 Å². The molecule has 2 fully saturated rings. The Morgan fingerprint density at radius 2 is 0.906 bits per heavy atom. The first-order chi connectivity index (χ1) is 66.3. The summed E-state index contributed by atoms with van der Waals surface area (Å²) in [6, 6.07) is 83.2. The molecule has 0 atom stereocenters. The summed E-state index contributed by atoms with van der Waals surface area (Å²) in [6.07, 6.45) is 6.07. The molecule has 0 amide bonds. The smallest absolute Gasteiger partial charge is 0.475 e. The fourth-order valence-corrected chi connectivity index (χ4v) is 11.4. The summed E-state index contributed by atoms with van der Waals surface area (Å²) in [5, 5.41) is 83.3. The summed E-state index contributed by atoms with van der Waals surface area (Å²) in [6.45, 7) is 9.25. The van der Waals surface area contributed by atoms with Crippen LogP contribution in [-0.4, -0.2) is 111 Å². The van der Waals surface area contributed by atoms with Crippen molar-refractivity contribution in [1.29, 1.82) is 26.3 Å². The van der Waals surface area contributed by atoms with Gasteiger partial charge in [0.1, 0.15) is 43.1 Å². The average molecular weight is 2010 g/mol. The van der Waals surface area contributed by atoms with E-state index in [-0.39, 0.29) is 52.4 Å². The van der Waals surface area contributed by atoms with Crippen molar-refractivity contribution < 1.29 is 61.4 Å². The minimum Gasteiger partial charge on any atom is -0.475 e. The minimum atomic E-state index is -5.08. The number of nitrogens with one attached hydrogen (secondary N) is 3. The summed E-state index contributed by atoms with van der Waals surface area (Å²) >= 11 is 25.2. The van der Waals surface area contributed by atoms with Crippen LogP contribution < -0.4 is 31.8 Å². The highest BCUT2D eigenvalue weighted by Crippen LogP contribution is 2.61. The van der Waals surface area contributed by atoms with Gasteiger partial charge in [0, 0.05) is 76.7 Å². The topological polar surface area (TPSA) is 540 Å². The number of hydrogen-bond acceptors (Lipinski definition) is 28. The molecule has 8 aromatic carbocycles. The number of aliphatic hydroxyl groups is 1. The highest BCUT2D eigenvalue weighted by Gasteiger charge is 2.51. The van der Waals surface area contributed by atoms with Crippen molar-refractivity contribution in [2.24, 2.45) is 0 Å². The average Bonchev–Trinajstić information content (AvgIpc) is 1.62. The molecule has 1 aliphatic carbocycles. The molecule has 1 saturated heterocycles. The number of carbonyl (C=O) groups is 1. The number of carboxylic acid groups (broad SMARTS) is 1. The second kappa shape index (κ2) is 56.1.